The monoisotopic (exact) mass is 489 g/mol. The van der Waals surface area contributed by atoms with Crippen LogP contribution in [-0.4, -0.2) is 51.1 Å². The van der Waals surface area contributed by atoms with E-state index in [-0.39, 0.29) is 5.91 Å². The van der Waals surface area contributed by atoms with Crippen LogP contribution in [0.3, 0.4) is 0 Å². The lowest BCUT2D eigenvalue weighted by atomic mass is 10.2. The summed E-state index contributed by atoms with van der Waals surface area (Å²) in [6, 6.07) is 3.59. The first-order valence-corrected chi connectivity index (χ1v) is 12.8. The van der Waals surface area contributed by atoms with Gasteiger partial charge in [0, 0.05) is 31.8 Å². The number of hydrogen-bond acceptors (Lipinski definition) is 9. The topological polar surface area (TPSA) is 100 Å². The average molecular weight is 490 g/mol. The number of amides is 1. The third-order valence-corrected chi connectivity index (χ3v) is 7.08. The molecular weight excluding hydrogens is 458 g/mol. The Morgan fingerprint density at radius 1 is 1.27 bits per heavy atom. The molecule has 0 bridgehead atoms. The van der Waals surface area contributed by atoms with Crippen molar-refractivity contribution in [3.05, 3.63) is 40.0 Å². The van der Waals surface area contributed by atoms with Crippen LogP contribution in [0.1, 0.15) is 67.2 Å². The molecule has 0 fully saturated rings. The summed E-state index contributed by atoms with van der Waals surface area (Å²) in [5.41, 5.74) is 2.12. The third-order valence-electron chi connectivity index (χ3n) is 5.04. The highest BCUT2D eigenvalue weighted by Crippen LogP contribution is 2.35. The molecule has 0 aliphatic carbocycles. The van der Waals surface area contributed by atoms with Gasteiger partial charge in [0.15, 0.2) is 5.13 Å². The second-order valence-electron chi connectivity index (χ2n) is 7.62. The number of aromatic nitrogens is 3. The molecule has 3 heterocycles. The number of thiazole rings is 2. The molecule has 33 heavy (non-hydrogen) atoms. The van der Waals surface area contributed by atoms with Crippen LogP contribution < -0.4 is 5.32 Å². The smallest absolute Gasteiger partial charge is 0.255 e. The van der Waals surface area contributed by atoms with E-state index in [9.17, 15) is 9.90 Å². The minimum atomic E-state index is -0.642. The van der Waals surface area contributed by atoms with E-state index in [2.05, 4.69) is 27.2 Å². The van der Waals surface area contributed by atoms with E-state index in [1.54, 1.807) is 32.4 Å². The number of hydrogen-bond donors (Lipinski definition) is 2. The number of pyridine rings is 1. The van der Waals surface area contributed by atoms with Crippen molar-refractivity contribution < 1.29 is 14.6 Å². The second kappa shape index (κ2) is 12.2. The van der Waals surface area contributed by atoms with Crippen LogP contribution in [0.5, 0.6) is 0 Å². The molecule has 2 N–H and O–H groups in total. The van der Waals surface area contributed by atoms with Gasteiger partial charge in [-0.1, -0.05) is 19.8 Å². The van der Waals surface area contributed by atoms with Gasteiger partial charge in [0.05, 0.1) is 28.4 Å². The molecule has 10 heteroatoms. The Balaban J connectivity index is 1.69. The summed E-state index contributed by atoms with van der Waals surface area (Å²) < 4.78 is 5.25. The lowest BCUT2D eigenvalue weighted by Gasteiger charge is -2.20. The molecule has 8 nitrogen and oxygen atoms in total. The molecule has 0 saturated heterocycles. The Hall–Kier alpha value is -2.40. The standard InChI is InChI=1S/C23H31N5O3S2/c1-5-7-8-11-28(6-2)22(30)16-9-10-19(24-12-16)27-23-26-18(14-32-23)20-17(13-31-4)25-21(33-20)15(3)29/h9-10,12,14-15,29H,5-8,11,13H2,1-4H3,(H,24,26,27). The van der Waals surface area contributed by atoms with E-state index in [4.69, 9.17) is 4.74 Å². The highest BCUT2D eigenvalue weighted by atomic mass is 32.1. The first-order chi connectivity index (χ1) is 16.0. The van der Waals surface area contributed by atoms with Gasteiger partial charge in [-0.15, -0.1) is 22.7 Å². The highest BCUT2D eigenvalue weighted by molar-refractivity contribution is 7.17. The largest absolute Gasteiger partial charge is 0.386 e. The van der Waals surface area contributed by atoms with E-state index in [0.29, 0.717) is 34.7 Å². The Labute approximate surface area is 202 Å². The zero-order chi connectivity index (χ0) is 23.8. The molecule has 0 saturated carbocycles. The predicted molar refractivity (Wildman–Crippen MR) is 133 cm³/mol. The quantitative estimate of drug-likeness (QED) is 0.335. The summed E-state index contributed by atoms with van der Waals surface area (Å²) in [4.78, 5) is 29.0. The molecule has 0 aliphatic rings. The fourth-order valence-corrected chi connectivity index (χ4v) is 5.01. The number of carbonyl (C=O) groups excluding carboxylic acids is 1. The van der Waals surface area contributed by atoms with E-state index >= 15 is 0 Å². The third kappa shape index (κ3) is 6.57. The number of nitrogens with one attached hydrogen (secondary N) is 1. The molecular formula is C23H31N5O3S2. The zero-order valence-corrected chi connectivity index (χ0v) is 21.1. The number of carbonyl (C=O) groups is 1. The van der Waals surface area contributed by atoms with Gasteiger partial charge in [0.25, 0.3) is 5.91 Å². The number of unbranched alkanes of at least 4 members (excludes halogenated alkanes) is 2. The van der Waals surface area contributed by atoms with Gasteiger partial charge in [-0.05, 0) is 32.4 Å². The molecule has 3 aromatic heterocycles. The van der Waals surface area contributed by atoms with E-state index in [1.165, 1.54) is 22.7 Å². The predicted octanol–water partition coefficient (Wildman–Crippen LogP) is 5.26. The molecule has 0 aliphatic heterocycles. The van der Waals surface area contributed by atoms with Crippen molar-refractivity contribution in [3.63, 3.8) is 0 Å². The summed E-state index contributed by atoms with van der Waals surface area (Å²) in [6.07, 6.45) is 4.23. The van der Waals surface area contributed by atoms with Crippen molar-refractivity contribution in [1.29, 1.82) is 0 Å². The molecule has 0 aromatic carbocycles. The number of methoxy groups -OCH3 is 1. The van der Waals surface area contributed by atoms with E-state index < -0.39 is 6.10 Å². The summed E-state index contributed by atoms with van der Waals surface area (Å²) in [5.74, 6) is 0.626. The van der Waals surface area contributed by atoms with Gasteiger partial charge >= 0.3 is 0 Å². The maximum atomic E-state index is 12.8. The van der Waals surface area contributed by atoms with Crippen LogP contribution in [0.15, 0.2) is 23.7 Å². The van der Waals surface area contributed by atoms with Crippen molar-refractivity contribution in [2.24, 2.45) is 0 Å². The van der Waals surface area contributed by atoms with Gasteiger partial charge in [0.2, 0.25) is 0 Å². The van der Waals surface area contributed by atoms with Crippen molar-refractivity contribution >= 4 is 39.5 Å². The Morgan fingerprint density at radius 2 is 2.09 bits per heavy atom. The molecule has 3 rings (SSSR count). The van der Waals surface area contributed by atoms with Gasteiger partial charge in [-0.3, -0.25) is 4.79 Å². The maximum absolute atomic E-state index is 12.8. The molecule has 1 unspecified atom stereocenters. The van der Waals surface area contributed by atoms with Crippen molar-refractivity contribution in [2.75, 3.05) is 25.5 Å². The molecule has 178 valence electrons. The van der Waals surface area contributed by atoms with Crippen LogP contribution in [0.25, 0.3) is 10.6 Å². The van der Waals surface area contributed by atoms with Crippen LogP contribution in [0.4, 0.5) is 10.9 Å². The van der Waals surface area contributed by atoms with Gasteiger partial charge in [-0.25, -0.2) is 15.0 Å². The molecule has 0 spiro atoms. The fraction of sp³-hybridized carbons (Fsp3) is 0.478. The second-order valence-corrected chi connectivity index (χ2v) is 9.51. The number of aliphatic hydroxyl groups is 1. The van der Waals surface area contributed by atoms with Crippen LogP contribution in [0, 0.1) is 0 Å². The number of anilines is 2. The average Bonchev–Trinajstić information content (AvgIpc) is 3.44. The number of aliphatic hydroxyl groups excluding tert-OH is 1. The van der Waals surface area contributed by atoms with Gasteiger partial charge < -0.3 is 20.1 Å². The first-order valence-electron chi connectivity index (χ1n) is 11.1. The molecule has 3 aromatic rings. The molecule has 1 atom stereocenters. The normalized spacial score (nSPS) is 12.0. The zero-order valence-electron chi connectivity index (χ0n) is 19.5. The minimum Gasteiger partial charge on any atom is -0.386 e. The highest BCUT2D eigenvalue weighted by Gasteiger charge is 2.19. The van der Waals surface area contributed by atoms with Crippen molar-refractivity contribution in [1.82, 2.24) is 19.9 Å². The van der Waals surface area contributed by atoms with Crippen molar-refractivity contribution in [2.45, 2.75) is 52.7 Å². The lowest BCUT2D eigenvalue weighted by Crippen LogP contribution is -2.31. The number of rotatable bonds is 12. The minimum absolute atomic E-state index is 0.00831. The summed E-state index contributed by atoms with van der Waals surface area (Å²) in [5, 5.41) is 16.3. The molecule has 0 radical (unpaired) electrons. The Bertz CT molecular complexity index is 1030. The number of ether oxygens (including phenoxy) is 1. The summed E-state index contributed by atoms with van der Waals surface area (Å²) >= 11 is 2.87. The maximum Gasteiger partial charge on any atom is 0.255 e. The van der Waals surface area contributed by atoms with Crippen LogP contribution in [-0.2, 0) is 11.3 Å². The fourth-order valence-electron chi connectivity index (χ4n) is 3.26. The Morgan fingerprint density at radius 3 is 2.73 bits per heavy atom. The number of nitrogens with zero attached hydrogens (tertiary/aromatic N) is 4. The summed E-state index contributed by atoms with van der Waals surface area (Å²) in [7, 11) is 1.62. The lowest BCUT2D eigenvalue weighted by molar-refractivity contribution is 0.0761. The SMILES string of the molecule is CCCCCN(CC)C(=O)c1ccc(Nc2nc(-c3sc(C(C)O)nc3COC)cs2)nc1. The van der Waals surface area contributed by atoms with Crippen molar-refractivity contribution in [3.8, 4) is 10.6 Å². The van der Waals surface area contributed by atoms with Gasteiger partial charge in [0.1, 0.15) is 16.9 Å². The van der Waals surface area contributed by atoms with E-state index in [0.717, 1.165) is 42.1 Å². The van der Waals surface area contributed by atoms with Gasteiger partial charge in [-0.2, -0.15) is 0 Å². The van der Waals surface area contributed by atoms with Crippen LogP contribution >= 0.6 is 22.7 Å². The summed E-state index contributed by atoms with van der Waals surface area (Å²) in [6.45, 7) is 7.65. The molecule has 1 amide bonds. The van der Waals surface area contributed by atoms with Crippen LogP contribution in [0.2, 0.25) is 0 Å². The Kier molecular flexibility index (Phi) is 9.30. The van der Waals surface area contributed by atoms with E-state index in [1.807, 2.05) is 17.2 Å². The first kappa shape index (κ1) is 25.2.